The Hall–Kier alpha value is -2.99. The molecule has 2 aliphatic rings. The third kappa shape index (κ3) is 2.42. The molecule has 0 radical (unpaired) electrons. The Morgan fingerprint density at radius 3 is 2.65 bits per heavy atom. The first kappa shape index (κ1) is 16.5. The van der Waals surface area contributed by atoms with E-state index < -0.39 is 18.0 Å². The molecule has 2 aromatic rings. The molecule has 1 fully saturated rings. The standard InChI is InChI=1S/C20H18N2O4/c1-12(23)17-16-11-15(18(20(25)26)22(16)19(17)24)13-6-5-7-14(10-13)21-8-3-2-4-9-21/h2-10,12,16-17,23H,11H2,1H3/t12-,16-,17-/m1/s1. The number of rotatable bonds is 4. The molecule has 0 saturated carbocycles. The molecule has 0 aliphatic carbocycles. The van der Waals surface area contributed by atoms with E-state index in [0.29, 0.717) is 12.0 Å². The smallest absolute Gasteiger partial charge is 0.235 e. The molecule has 0 unspecified atom stereocenters. The zero-order valence-electron chi connectivity index (χ0n) is 14.2. The number of benzene rings is 1. The van der Waals surface area contributed by atoms with Crippen LogP contribution in [0.2, 0.25) is 0 Å². The second kappa shape index (κ2) is 6.07. The molecule has 3 atom stereocenters. The molecule has 1 N–H and O–H groups in total. The van der Waals surface area contributed by atoms with E-state index >= 15 is 0 Å². The molecule has 6 heteroatoms. The first-order chi connectivity index (χ1) is 12.5. The largest absolute Gasteiger partial charge is 0.543 e. The number of nitrogens with zero attached hydrogens (tertiary/aromatic N) is 2. The summed E-state index contributed by atoms with van der Waals surface area (Å²) in [4.78, 5) is 25.3. The van der Waals surface area contributed by atoms with Crippen LogP contribution >= 0.6 is 0 Å². The zero-order valence-corrected chi connectivity index (χ0v) is 14.2. The highest BCUT2D eigenvalue weighted by Gasteiger charge is 2.55. The number of aliphatic carboxylic acids is 1. The van der Waals surface area contributed by atoms with Gasteiger partial charge in [0.2, 0.25) is 11.6 Å². The summed E-state index contributed by atoms with van der Waals surface area (Å²) in [6.07, 6.45) is 3.40. The minimum Gasteiger partial charge on any atom is -0.543 e. The van der Waals surface area contributed by atoms with E-state index in [-0.39, 0.29) is 17.6 Å². The summed E-state index contributed by atoms with van der Waals surface area (Å²) in [5, 5.41) is 21.6. The number of aliphatic hydroxyl groups excluding tert-OH is 1. The lowest BCUT2D eigenvalue weighted by Crippen LogP contribution is -2.62. The first-order valence-corrected chi connectivity index (χ1v) is 8.52. The van der Waals surface area contributed by atoms with Gasteiger partial charge in [-0.1, -0.05) is 18.2 Å². The van der Waals surface area contributed by atoms with Crippen molar-refractivity contribution in [1.29, 1.82) is 0 Å². The number of fused-ring (bicyclic) bond motifs is 1. The molecule has 1 aromatic heterocycles. The summed E-state index contributed by atoms with van der Waals surface area (Å²) in [5.41, 5.74) is 2.13. The number of β-lactam (4-membered cyclic amide) rings is 1. The molecule has 6 nitrogen and oxygen atoms in total. The van der Waals surface area contributed by atoms with E-state index in [1.54, 1.807) is 6.92 Å². The van der Waals surface area contributed by atoms with Gasteiger partial charge >= 0.3 is 0 Å². The molecule has 1 aromatic carbocycles. The normalized spacial score (nSPS) is 22.8. The maximum atomic E-state index is 12.3. The number of carboxylic acid groups (broad SMARTS) is 1. The molecule has 1 saturated heterocycles. The van der Waals surface area contributed by atoms with E-state index in [2.05, 4.69) is 0 Å². The molecule has 0 bridgehead atoms. The summed E-state index contributed by atoms with van der Waals surface area (Å²) in [5.74, 6) is -2.28. The first-order valence-electron chi connectivity index (χ1n) is 8.52. The van der Waals surface area contributed by atoms with Crippen molar-refractivity contribution in [1.82, 2.24) is 4.90 Å². The molecule has 1 amide bonds. The number of carboxylic acids is 1. The van der Waals surface area contributed by atoms with E-state index in [1.807, 2.05) is 59.4 Å². The van der Waals surface area contributed by atoms with Crippen LogP contribution in [0, 0.1) is 5.92 Å². The lowest BCUT2D eigenvalue weighted by molar-refractivity contribution is -0.595. The van der Waals surface area contributed by atoms with E-state index in [0.717, 1.165) is 11.3 Å². The summed E-state index contributed by atoms with van der Waals surface area (Å²) < 4.78 is 1.93. The van der Waals surface area contributed by atoms with Gasteiger partial charge in [0.05, 0.1) is 29.7 Å². The number of hydrogen-bond acceptors (Lipinski definition) is 4. The summed E-state index contributed by atoms with van der Waals surface area (Å²) >= 11 is 0. The van der Waals surface area contributed by atoms with Crippen LogP contribution in [0.4, 0.5) is 0 Å². The van der Waals surface area contributed by atoms with Gasteiger partial charge in [-0.15, -0.1) is 0 Å². The Labute approximate surface area is 150 Å². The van der Waals surface area contributed by atoms with Crippen molar-refractivity contribution >= 4 is 17.4 Å². The number of pyridine rings is 1. The number of aromatic nitrogens is 1. The summed E-state index contributed by atoms with van der Waals surface area (Å²) in [6.45, 7) is 1.56. The highest BCUT2D eigenvalue weighted by molar-refractivity contribution is 6.05. The number of carbonyl (C=O) groups excluding carboxylic acids is 2. The van der Waals surface area contributed by atoms with Crippen LogP contribution in [0.25, 0.3) is 11.3 Å². The number of hydrogen-bond donors (Lipinski definition) is 1. The van der Waals surface area contributed by atoms with Gasteiger partial charge in [0.25, 0.3) is 0 Å². The molecule has 26 heavy (non-hydrogen) atoms. The topological polar surface area (TPSA) is 84.5 Å². The molecular formula is C20H18N2O4. The fourth-order valence-corrected chi connectivity index (χ4v) is 3.94. The Morgan fingerprint density at radius 1 is 1.27 bits per heavy atom. The van der Waals surface area contributed by atoms with Crippen molar-refractivity contribution in [3.05, 3.63) is 66.1 Å². The predicted octanol–water partition coefficient (Wildman–Crippen LogP) is 0.0358. The van der Waals surface area contributed by atoms with Crippen molar-refractivity contribution in [3.8, 4) is 5.69 Å². The van der Waals surface area contributed by atoms with Crippen molar-refractivity contribution in [2.24, 2.45) is 5.92 Å². The van der Waals surface area contributed by atoms with Crippen molar-refractivity contribution < 1.29 is 24.4 Å². The highest BCUT2D eigenvalue weighted by Crippen LogP contribution is 2.46. The van der Waals surface area contributed by atoms with Crippen LogP contribution in [-0.4, -0.2) is 34.0 Å². The average molecular weight is 350 g/mol. The Balaban J connectivity index is 1.76. The number of carbonyl (C=O) groups is 2. The quantitative estimate of drug-likeness (QED) is 0.623. The molecule has 2 aliphatic heterocycles. The van der Waals surface area contributed by atoms with Crippen molar-refractivity contribution in [2.45, 2.75) is 25.5 Å². The second-order valence-electron chi connectivity index (χ2n) is 6.69. The van der Waals surface area contributed by atoms with Gasteiger partial charge in [-0.05, 0) is 24.5 Å². The van der Waals surface area contributed by atoms with Gasteiger partial charge in [0, 0.05) is 24.3 Å². The third-order valence-electron chi connectivity index (χ3n) is 5.13. The fourth-order valence-electron chi connectivity index (χ4n) is 3.94. The number of amides is 1. The van der Waals surface area contributed by atoms with Gasteiger partial charge < -0.3 is 19.9 Å². The third-order valence-corrected chi connectivity index (χ3v) is 5.13. The van der Waals surface area contributed by atoms with Gasteiger partial charge in [-0.25, -0.2) is 0 Å². The van der Waals surface area contributed by atoms with Crippen molar-refractivity contribution in [2.75, 3.05) is 0 Å². The van der Waals surface area contributed by atoms with Crippen LogP contribution in [0.1, 0.15) is 18.9 Å². The lowest BCUT2D eigenvalue weighted by Gasteiger charge is -2.45. The Bertz CT molecular complexity index is 920. The summed E-state index contributed by atoms with van der Waals surface area (Å²) in [7, 11) is 0. The average Bonchev–Trinajstić information content (AvgIpc) is 2.97. The summed E-state index contributed by atoms with van der Waals surface area (Å²) in [6, 6.07) is 12.9. The van der Waals surface area contributed by atoms with Crippen LogP contribution in [0.5, 0.6) is 0 Å². The van der Waals surface area contributed by atoms with Crippen LogP contribution in [0.3, 0.4) is 0 Å². The predicted molar refractivity (Wildman–Crippen MR) is 90.3 cm³/mol. The molecule has 132 valence electrons. The van der Waals surface area contributed by atoms with Gasteiger partial charge in [0.1, 0.15) is 0 Å². The van der Waals surface area contributed by atoms with E-state index in [4.69, 9.17) is 0 Å². The Morgan fingerprint density at radius 2 is 2.00 bits per heavy atom. The second-order valence-corrected chi connectivity index (χ2v) is 6.69. The van der Waals surface area contributed by atoms with Crippen LogP contribution in [-0.2, 0) is 9.59 Å². The maximum Gasteiger partial charge on any atom is 0.235 e. The number of aliphatic hydroxyl groups is 1. The highest BCUT2D eigenvalue weighted by atomic mass is 16.4. The lowest BCUT2D eigenvalue weighted by atomic mass is 9.82. The van der Waals surface area contributed by atoms with Gasteiger partial charge in [-0.3, -0.25) is 4.79 Å². The molecule has 4 rings (SSSR count). The fraction of sp³-hybridized carbons (Fsp3) is 0.250. The monoisotopic (exact) mass is 350 g/mol. The molecule has 3 heterocycles. The van der Waals surface area contributed by atoms with Gasteiger partial charge in [-0.2, -0.15) is 4.57 Å². The van der Waals surface area contributed by atoms with Crippen LogP contribution < -0.4 is 9.67 Å². The molecular weight excluding hydrogens is 332 g/mol. The minimum absolute atomic E-state index is 0.0767. The minimum atomic E-state index is -1.36. The zero-order chi connectivity index (χ0) is 18.4. The van der Waals surface area contributed by atoms with E-state index in [9.17, 15) is 19.8 Å². The Kier molecular flexibility index (Phi) is 3.85. The van der Waals surface area contributed by atoms with E-state index in [1.165, 1.54) is 4.90 Å². The molecule has 0 spiro atoms. The van der Waals surface area contributed by atoms with Crippen LogP contribution in [0.15, 0.2) is 60.6 Å². The SMILES string of the molecule is C[C@@H](O)[C@H]1C(=O)N2C(C(=O)[O-])=C(c3cccc(-[n+]4ccccc4)c3)C[C@H]12. The maximum absolute atomic E-state index is 12.3. The van der Waals surface area contributed by atoms with Crippen molar-refractivity contribution in [3.63, 3.8) is 0 Å². The van der Waals surface area contributed by atoms with Gasteiger partial charge in [0.15, 0.2) is 12.4 Å².